The lowest BCUT2D eigenvalue weighted by Crippen LogP contribution is -2.42. The molecule has 0 atom stereocenters. The van der Waals surface area contributed by atoms with Crippen LogP contribution in [0, 0.1) is 0 Å². The van der Waals surface area contributed by atoms with Crippen LogP contribution in [0.2, 0.25) is 5.02 Å². The smallest absolute Gasteiger partial charge is 0.252 e. The normalized spacial score (nSPS) is 11.1. The molecule has 6 nitrogen and oxygen atoms in total. The summed E-state index contributed by atoms with van der Waals surface area (Å²) in [6.07, 6.45) is 3.10. The Morgan fingerprint density at radius 1 is 0.967 bits per heavy atom. The molecule has 0 saturated heterocycles. The molecule has 8 heteroatoms. The zero-order chi connectivity index (χ0) is 20.5. The molecule has 3 aromatic rings. The number of nitrogens with one attached hydrogen (secondary N) is 3. The van der Waals surface area contributed by atoms with Crippen molar-refractivity contribution in [2.45, 2.75) is 13.0 Å². The van der Waals surface area contributed by atoms with Crippen LogP contribution in [-0.4, -0.2) is 43.1 Å². The van der Waals surface area contributed by atoms with E-state index in [4.69, 9.17) is 11.6 Å². The van der Waals surface area contributed by atoms with Crippen molar-refractivity contribution < 1.29 is 4.79 Å². The van der Waals surface area contributed by atoms with Crippen molar-refractivity contribution in [1.29, 1.82) is 0 Å². The summed E-state index contributed by atoms with van der Waals surface area (Å²) in [6, 6.07) is 17.5. The fourth-order valence-electron chi connectivity index (χ4n) is 3.11. The molecule has 0 bridgehead atoms. The number of carbonyl (C=O) groups is 1. The highest BCUT2D eigenvalue weighted by atomic mass is 127. The largest absolute Gasteiger partial charge is 0.356 e. The third kappa shape index (κ3) is 6.63. The summed E-state index contributed by atoms with van der Waals surface area (Å²) in [5.41, 5.74) is 1.73. The first kappa shape index (κ1) is 24.0. The van der Waals surface area contributed by atoms with E-state index in [2.05, 4.69) is 62.0 Å². The van der Waals surface area contributed by atoms with Crippen molar-refractivity contribution in [3.63, 3.8) is 0 Å². The summed E-state index contributed by atoms with van der Waals surface area (Å²) in [7, 11) is 1.73. The number of halogens is 2. The minimum absolute atomic E-state index is 0. The number of benzene rings is 2. The molecule has 1 aromatic heterocycles. The monoisotopic (exact) mass is 539 g/mol. The van der Waals surface area contributed by atoms with E-state index in [1.165, 1.54) is 10.9 Å². The lowest BCUT2D eigenvalue weighted by Gasteiger charge is -2.13. The quantitative estimate of drug-likeness (QED) is 0.176. The van der Waals surface area contributed by atoms with Crippen LogP contribution in [-0.2, 0) is 6.54 Å². The molecule has 0 fully saturated rings. The van der Waals surface area contributed by atoms with Gasteiger partial charge in [-0.2, -0.15) is 0 Å². The Kier molecular flexibility index (Phi) is 9.96. The van der Waals surface area contributed by atoms with Gasteiger partial charge in [0.25, 0.3) is 5.91 Å². The SMILES string of the molecule is CN=C(NCCCn1ccc2ccccc21)NCCNC(=O)c1ccccc1Cl.I. The topological polar surface area (TPSA) is 70.5 Å². The van der Waals surface area contributed by atoms with Crippen molar-refractivity contribution in [2.75, 3.05) is 26.7 Å². The second-order valence-electron chi connectivity index (χ2n) is 6.58. The van der Waals surface area contributed by atoms with Crippen LogP contribution in [0.1, 0.15) is 16.8 Å². The molecule has 0 aliphatic carbocycles. The second-order valence-corrected chi connectivity index (χ2v) is 6.99. The summed E-state index contributed by atoms with van der Waals surface area (Å²) in [6.45, 7) is 2.78. The average Bonchev–Trinajstić information content (AvgIpc) is 3.16. The molecule has 1 amide bonds. The van der Waals surface area contributed by atoms with E-state index in [-0.39, 0.29) is 29.9 Å². The number of aromatic nitrogens is 1. The molecule has 0 aliphatic rings. The maximum absolute atomic E-state index is 12.1. The van der Waals surface area contributed by atoms with E-state index in [0.717, 1.165) is 19.5 Å². The molecular formula is C22H27ClIN5O. The standard InChI is InChI=1S/C22H26ClN5O.HI/c1-24-22(27-14-13-25-21(29)18-8-3-4-9-19(18)23)26-12-6-15-28-16-11-17-7-2-5-10-20(17)28;/h2-5,7-11,16H,6,12-15H2,1H3,(H,25,29)(H2,24,26,27);1H. The number of fused-ring (bicyclic) bond motifs is 1. The number of hydrogen-bond acceptors (Lipinski definition) is 2. The molecular weight excluding hydrogens is 513 g/mol. The average molecular weight is 540 g/mol. The fourth-order valence-corrected chi connectivity index (χ4v) is 3.33. The number of carbonyl (C=O) groups excluding carboxylic acids is 1. The van der Waals surface area contributed by atoms with Gasteiger partial charge in [-0.15, -0.1) is 24.0 Å². The Labute approximate surface area is 199 Å². The number of para-hydroxylation sites is 1. The van der Waals surface area contributed by atoms with Gasteiger partial charge in [0.05, 0.1) is 10.6 Å². The third-order valence-electron chi connectivity index (χ3n) is 4.59. The van der Waals surface area contributed by atoms with E-state index in [9.17, 15) is 4.79 Å². The van der Waals surface area contributed by atoms with E-state index < -0.39 is 0 Å². The first-order chi connectivity index (χ1) is 14.2. The molecule has 0 radical (unpaired) electrons. The van der Waals surface area contributed by atoms with Crippen LogP contribution in [0.4, 0.5) is 0 Å². The highest BCUT2D eigenvalue weighted by molar-refractivity contribution is 14.0. The lowest BCUT2D eigenvalue weighted by atomic mass is 10.2. The number of rotatable bonds is 8. The van der Waals surface area contributed by atoms with Gasteiger partial charge in [-0.25, -0.2) is 0 Å². The van der Waals surface area contributed by atoms with Gasteiger partial charge in [0.2, 0.25) is 0 Å². The predicted octanol–water partition coefficient (Wildman–Crippen LogP) is 3.90. The summed E-state index contributed by atoms with van der Waals surface area (Å²) < 4.78 is 2.26. The molecule has 0 unspecified atom stereocenters. The van der Waals surface area contributed by atoms with E-state index in [1.54, 1.807) is 31.3 Å². The van der Waals surface area contributed by atoms with Crippen LogP contribution >= 0.6 is 35.6 Å². The molecule has 0 saturated carbocycles. The fraction of sp³-hybridized carbons (Fsp3) is 0.273. The van der Waals surface area contributed by atoms with Crippen molar-refractivity contribution in [1.82, 2.24) is 20.5 Å². The molecule has 0 aliphatic heterocycles. The first-order valence-corrected chi connectivity index (χ1v) is 10.1. The van der Waals surface area contributed by atoms with Crippen LogP contribution < -0.4 is 16.0 Å². The molecule has 1 heterocycles. The lowest BCUT2D eigenvalue weighted by molar-refractivity contribution is 0.0954. The predicted molar refractivity (Wildman–Crippen MR) is 135 cm³/mol. The summed E-state index contributed by atoms with van der Waals surface area (Å²) in [5.74, 6) is 0.536. The summed E-state index contributed by atoms with van der Waals surface area (Å²) in [4.78, 5) is 16.3. The van der Waals surface area contributed by atoms with Gasteiger partial charge < -0.3 is 20.5 Å². The van der Waals surface area contributed by atoms with Crippen LogP contribution in [0.5, 0.6) is 0 Å². The van der Waals surface area contributed by atoms with Crippen molar-refractivity contribution >= 4 is 58.3 Å². The van der Waals surface area contributed by atoms with Gasteiger partial charge in [0.1, 0.15) is 0 Å². The second kappa shape index (κ2) is 12.4. The van der Waals surface area contributed by atoms with Crippen LogP contribution in [0.15, 0.2) is 65.8 Å². The zero-order valence-corrected chi connectivity index (χ0v) is 20.0. The van der Waals surface area contributed by atoms with E-state index >= 15 is 0 Å². The molecule has 30 heavy (non-hydrogen) atoms. The Balaban J connectivity index is 0.00000320. The molecule has 2 aromatic carbocycles. The Bertz CT molecular complexity index is 988. The Morgan fingerprint density at radius 2 is 1.67 bits per heavy atom. The number of hydrogen-bond donors (Lipinski definition) is 3. The molecule has 3 N–H and O–H groups in total. The zero-order valence-electron chi connectivity index (χ0n) is 16.9. The minimum Gasteiger partial charge on any atom is -0.356 e. The van der Waals surface area contributed by atoms with Gasteiger partial charge in [-0.05, 0) is 36.1 Å². The molecule has 3 rings (SSSR count). The van der Waals surface area contributed by atoms with Gasteiger partial charge in [-0.1, -0.05) is 41.9 Å². The van der Waals surface area contributed by atoms with Gasteiger partial charge in [0.15, 0.2) is 5.96 Å². The van der Waals surface area contributed by atoms with E-state index in [1.807, 2.05) is 0 Å². The minimum atomic E-state index is -0.181. The Hall–Kier alpha value is -2.26. The third-order valence-corrected chi connectivity index (χ3v) is 4.92. The van der Waals surface area contributed by atoms with Gasteiger partial charge in [0, 0.05) is 44.9 Å². The maximum atomic E-state index is 12.1. The van der Waals surface area contributed by atoms with Gasteiger partial charge >= 0.3 is 0 Å². The van der Waals surface area contributed by atoms with Crippen LogP contribution in [0.25, 0.3) is 10.9 Å². The van der Waals surface area contributed by atoms with E-state index in [0.29, 0.717) is 29.6 Å². The van der Waals surface area contributed by atoms with Gasteiger partial charge in [-0.3, -0.25) is 9.79 Å². The molecule has 160 valence electrons. The maximum Gasteiger partial charge on any atom is 0.252 e. The summed E-state index contributed by atoms with van der Waals surface area (Å²) >= 11 is 6.04. The Morgan fingerprint density at radius 3 is 2.47 bits per heavy atom. The highest BCUT2D eigenvalue weighted by Crippen LogP contribution is 2.15. The number of amides is 1. The first-order valence-electron chi connectivity index (χ1n) is 9.70. The van der Waals surface area contributed by atoms with Crippen molar-refractivity contribution in [3.8, 4) is 0 Å². The molecule has 0 spiro atoms. The number of aliphatic imine (C=N–C) groups is 1. The number of guanidine groups is 1. The van der Waals surface area contributed by atoms with Crippen molar-refractivity contribution in [2.24, 2.45) is 4.99 Å². The number of nitrogens with zero attached hydrogens (tertiary/aromatic N) is 2. The number of aryl methyl sites for hydroxylation is 1. The highest BCUT2D eigenvalue weighted by Gasteiger charge is 2.08. The summed E-state index contributed by atoms with van der Waals surface area (Å²) in [5, 5.41) is 11.1. The van der Waals surface area contributed by atoms with Crippen molar-refractivity contribution in [3.05, 3.63) is 71.4 Å². The van der Waals surface area contributed by atoms with Crippen LogP contribution in [0.3, 0.4) is 0 Å².